The molecular formula is C30H35N9O4. The van der Waals surface area contributed by atoms with Crippen molar-refractivity contribution in [2.45, 2.75) is 45.6 Å². The number of carbonyl (C=O) groups is 2. The molecule has 1 amide bonds. The zero-order valence-corrected chi connectivity index (χ0v) is 24.7. The first kappa shape index (κ1) is 29.6. The number of aryl methyl sites for hydroxylation is 1. The molecule has 1 aliphatic rings. The Bertz CT molecular complexity index is 1700. The lowest BCUT2D eigenvalue weighted by atomic mass is 10.0. The number of likely N-dealkylation sites (N-methyl/N-ethyl adjacent to an activating group) is 2. The Labute approximate surface area is 248 Å². The van der Waals surface area contributed by atoms with E-state index < -0.39 is 5.91 Å². The van der Waals surface area contributed by atoms with Crippen LogP contribution < -0.4 is 26.2 Å². The standard InChI is InChI=1S/C30H35N9O4/c1-18-23-17-33-30(35-27(23)39(21-7-5-6-8-21)29(42)26(18)19(2)40)34-24-11-10-22(16-31-24)37(3)13-14-38(4)25-12-9-20(15-32-25)28(41)36-43/h9-12,15-17,21,43H,5-8,13-14H2,1-4H3,(H,36,41)(H,31,33,34,35). The van der Waals surface area contributed by atoms with Crippen molar-refractivity contribution in [3.8, 4) is 0 Å². The number of hydroxylamine groups is 1. The van der Waals surface area contributed by atoms with Crippen molar-refractivity contribution >= 4 is 46.0 Å². The molecule has 4 aromatic rings. The summed E-state index contributed by atoms with van der Waals surface area (Å²) in [7, 11) is 3.87. The molecule has 0 saturated heterocycles. The Kier molecular flexibility index (Phi) is 8.62. The van der Waals surface area contributed by atoms with Crippen LogP contribution in [-0.2, 0) is 0 Å². The van der Waals surface area contributed by atoms with Crippen molar-refractivity contribution in [3.05, 3.63) is 69.9 Å². The predicted molar refractivity (Wildman–Crippen MR) is 164 cm³/mol. The van der Waals surface area contributed by atoms with Gasteiger partial charge in [0.25, 0.3) is 11.5 Å². The van der Waals surface area contributed by atoms with Crippen LogP contribution in [0, 0.1) is 6.92 Å². The minimum atomic E-state index is -0.610. The number of hydrogen-bond donors (Lipinski definition) is 3. The Morgan fingerprint density at radius 2 is 1.74 bits per heavy atom. The molecule has 3 N–H and O–H groups in total. The van der Waals surface area contributed by atoms with E-state index in [0.717, 1.165) is 31.4 Å². The number of pyridine rings is 3. The van der Waals surface area contributed by atoms with Gasteiger partial charge in [-0.2, -0.15) is 4.98 Å². The first-order chi connectivity index (χ1) is 20.7. The molecule has 224 valence electrons. The highest BCUT2D eigenvalue weighted by molar-refractivity contribution is 5.99. The third kappa shape index (κ3) is 6.16. The second-order valence-electron chi connectivity index (χ2n) is 10.8. The highest BCUT2D eigenvalue weighted by Gasteiger charge is 2.26. The first-order valence-electron chi connectivity index (χ1n) is 14.2. The molecule has 13 nitrogen and oxygen atoms in total. The fourth-order valence-corrected chi connectivity index (χ4v) is 5.46. The van der Waals surface area contributed by atoms with Gasteiger partial charge in [-0.3, -0.25) is 24.2 Å². The normalized spacial score (nSPS) is 13.2. The molecule has 0 radical (unpaired) electrons. The molecule has 1 fully saturated rings. The predicted octanol–water partition coefficient (Wildman–Crippen LogP) is 3.64. The van der Waals surface area contributed by atoms with E-state index in [1.165, 1.54) is 13.1 Å². The smallest absolute Gasteiger partial charge is 0.276 e. The largest absolute Gasteiger partial charge is 0.372 e. The maximum absolute atomic E-state index is 13.4. The number of fused-ring (bicyclic) bond motifs is 1. The SMILES string of the molecule is CC(=O)c1c(C)c2cnc(Nc3ccc(N(C)CCN(C)c4ccc(C(=O)NO)cn4)cn3)nc2n(C2CCCC2)c1=O. The van der Waals surface area contributed by atoms with Crippen molar-refractivity contribution in [3.63, 3.8) is 0 Å². The van der Waals surface area contributed by atoms with Crippen LogP contribution in [0.3, 0.4) is 0 Å². The van der Waals surface area contributed by atoms with Crippen molar-refractivity contribution in [2.24, 2.45) is 0 Å². The highest BCUT2D eigenvalue weighted by Crippen LogP contribution is 2.32. The zero-order chi connectivity index (χ0) is 30.7. The maximum Gasteiger partial charge on any atom is 0.276 e. The Morgan fingerprint density at radius 3 is 2.37 bits per heavy atom. The monoisotopic (exact) mass is 585 g/mol. The topological polar surface area (TPSA) is 158 Å². The van der Waals surface area contributed by atoms with Crippen LogP contribution in [0.4, 0.5) is 23.3 Å². The van der Waals surface area contributed by atoms with Crippen LogP contribution in [0.15, 0.2) is 47.7 Å². The summed E-state index contributed by atoms with van der Waals surface area (Å²) < 4.78 is 1.69. The number of nitrogens with zero attached hydrogens (tertiary/aromatic N) is 7. The van der Waals surface area contributed by atoms with Gasteiger partial charge < -0.3 is 15.1 Å². The fraction of sp³-hybridized carbons (Fsp3) is 0.367. The van der Waals surface area contributed by atoms with E-state index in [1.807, 2.05) is 31.1 Å². The lowest BCUT2D eigenvalue weighted by Crippen LogP contribution is -2.31. The van der Waals surface area contributed by atoms with Gasteiger partial charge in [0, 0.05) is 51.0 Å². The molecule has 0 aliphatic heterocycles. The van der Waals surface area contributed by atoms with Crippen LogP contribution in [0.25, 0.3) is 11.0 Å². The van der Waals surface area contributed by atoms with Gasteiger partial charge in [0.05, 0.1) is 23.0 Å². The molecule has 5 rings (SSSR count). The first-order valence-corrected chi connectivity index (χ1v) is 14.2. The van der Waals surface area contributed by atoms with Crippen LogP contribution in [0.2, 0.25) is 0 Å². The molecule has 43 heavy (non-hydrogen) atoms. The maximum atomic E-state index is 13.4. The van der Waals surface area contributed by atoms with Gasteiger partial charge in [-0.05, 0) is 56.5 Å². The second-order valence-corrected chi connectivity index (χ2v) is 10.8. The number of ketones is 1. The lowest BCUT2D eigenvalue weighted by molar-refractivity contribution is 0.0706. The molecule has 0 unspecified atom stereocenters. The summed E-state index contributed by atoms with van der Waals surface area (Å²) in [5, 5.41) is 12.6. The number of rotatable bonds is 10. The minimum absolute atomic E-state index is 0.00588. The van der Waals surface area contributed by atoms with Crippen LogP contribution in [0.5, 0.6) is 0 Å². The molecule has 1 saturated carbocycles. The van der Waals surface area contributed by atoms with E-state index in [2.05, 4.69) is 25.2 Å². The summed E-state index contributed by atoms with van der Waals surface area (Å²) in [6.07, 6.45) is 8.65. The Morgan fingerprint density at radius 1 is 1.00 bits per heavy atom. The quantitative estimate of drug-likeness (QED) is 0.142. The molecule has 0 spiro atoms. The number of hydrogen-bond acceptors (Lipinski definition) is 11. The molecule has 0 bridgehead atoms. The van der Waals surface area contributed by atoms with Gasteiger partial charge in [0.1, 0.15) is 17.3 Å². The summed E-state index contributed by atoms with van der Waals surface area (Å²) in [5.74, 6) is 0.707. The third-order valence-corrected chi connectivity index (χ3v) is 7.95. The minimum Gasteiger partial charge on any atom is -0.372 e. The third-order valence-electron chi connectivity index (χ3n) is 7.95. The van der Waals surface area contributed by atoms with Crippen LogP contribution in [0.1, 0.15) is 64.9 Å². The second kappa shape index (κ2) is 12.5. The van der Waals surface area contributed by atoms with E-state index in [9.17, 15) is 14.4 Å². The van der Waals surface area contributed by atoms with Crippen molar-refractivity contribution in [1.29, 1.82) is 0 Å². The fourth-order valence-electron chi connectivity index (χ4n) is 5.46. The Balaban J connectivity index is 1.29. The number of amides is 1. The lowest BCUT2D eigenvalue weighted by Gasteiger charge is -2.24. The molecule has 13 heteroatoms. The summed E-state index contributed by atoms with van der Waals surface area (Å²) in [5.41, 5.74) is 3.82. The van der Waals surface area contributed by atoms with Crippen molar-refractivity contribution < 1.29 is 14.8 Å². The molecule has 1 aliphatic carbocycles. The Hall–Kier alpha value is -4.91. The summed E-state index contributed by atoms with van der Waals surface area (Å²) in [6.45, 7) is 4.54. The number of aromatic nitrogens is 5. The van der Waals surface area contributed by atoms with Crippen molar-refractivity contribution in [1.82, 2.24) is 30.0 Å². The average molecular weight is 586 g/mol. The van der Waals surface area contributed by atoms with Gasteiger partial charge in [0.15, 0.2) is 5.78 Å². The van der Waals surface area contributed by atoms with Gasteiger partial charge >= 0.3 is 0 Å². The highest BCUT2D eigenvalue weighted by atomic mass is 16.5. The molecule has 0 atom stereocenters. The van der Waals surface area contributed by atoms with E-state index in [4.69, 9.17) is 10.2 Å². The molecule has 0 aromatic carbocycles. The number of anilines is 4. The van der Waals surface area contributed by atoms with Crippen LogP contribution in [-0.4, -0.2) is 68.6 Å². The van der Waals surface area contributed by atoms with Gasteiger partial charge in [-0.1, -0.05) is 12.8 Å². The summed E-state index contributed by atoms with van der Waals surface area (Å²) in [6, 6.07) is 7.10. The molecule has 4 aromatic heterocycles. The molecular weight excluding hydrogens is 550 g/mol. The number of nitrogens with one attached hydrogen (secondary N) is 2. The summed E-state index contributed by atoms with van der Waals surface area (Å²) in [4.78, 5) is 59.3. The zero-order valence-electron chi connectivity index (χ0n) is 24.7. The number of Topliss-reactive ketones (excluding diaryl/α,β-unsaturated/α-hetero) is 1. The number of carbonyl (C=O) groups excluding carboxylic acids is 2. The average Bonchev–Trinajstić information content (AvgIpc) is 3.54. The van der Waals surface area contributed by atoms with E-state index in [0.29, 0.717) is 47.3 Å². The van der Waals surface area contributed by atoms with Gasteiger partial charge in [0.2, 0.25) is 5.95 Å². The van der Waals surface area contributed by atoms with E-state index in [-0.39, 0.29) is 28.5 Å². The van der Waals surface area contributed by atoms with Crippen molar-refractivity contribution in [2.75, 3.05) is 42.3 Å². The molecule has 4 heterocycles. The van der Waals surface area contributed by atoms with Crippen LogP contribution >= 0.6 is 0 Å². The van der Waals surface area contributed by atoms with Gasteiger partial charge in [-0.15, -0.1) is 0 Å². The van der Waals surface area contributed by atoms with Gasteiger partial charge in [-0.25, -0.2) is 20.4 Å². The van der Waals surface area contributed by atoms with E-state index in [1.54, 1.807) is 41.5 Å². The summed E-state index contributed by atoms with van der Waals surface area (Å²) >= 11 is 0. The van der Waals surface area contributed by atoms with E-state index >= 15 is 0 Å².